The third kappa shape index (κ3) is 4.96. The molecule has 0 aliphatic rings. The summed E-state index contributed by atoms with van der Waals surface area (Å²) < 4.78 is 19.1. The lowest BCUT2D eigenvalue weighted by atomic mass is 10.3. The molecule has 1 amide bonds. The lowest BCUT2D eigenvalue weighted by Crippen LogP contribution is -2.30. The van der Waals surface area contributed by atoms with Crippen LogP contribution in [0.1, 0.15) is 20.8 Å². The lowest BCUT2D eigenvalue weighted by molar-refractivity contribution is -0.122. The van der Waals surface area contributed by atoms with Gasteiger partial charge in [0.25, 0.3) is 5.91 Å². The average Bonchev–Trinajstić information content (AvgIpc) is 2.87. The Labute approximate surface area is 136 Å². The molecule has 0 aliphatic heterocycles. The number of hydrogen-bond acceptors (Lipinski definition) is 6. The molecule has 5 nitrogen and oxygen atoms in total. The van der Waals surface area contributed by atoms with E-state index in [-0.39, 0.29) is 11.7 Å². The Morgan fingerprint density at radius 1 is 1.27 bits per heavy atom. The van der Waals surface area contributed by atoms with Gasteiger partial charge in [-0.1, -0.05) is 36.9 Å². The van der Waals surface area contributed by atoms with Crippen LogP contribution in [0.25, 0.3) is 0 Å². The number of benzene rings is 1. The Balaban J connectivity index is 1.90. The van der Waals surface area contributed by atoms with E-state index in [0.29, 0.717) is 16.1 Å². The highest BCUT2D eigenvalue weighted by Crippen LogP contribution is 2.28. The van der Waals surface area contributed by atoms with Gasteiger partial charge in [-0.05, 0) is 31.2 Å². The number of hydrogen-bond donors (Lipinski definition) is 1. The number of amides is 1. The number of carbonyl (C=O) groups is 1. The Hall–Kier alpha value is -1.67. The van der Waals surface area contributed by atoms with Crippen LogP contribution < -0.4 is 10.1 Å². The zero-order chi connectivity index (χ0) is 16.1. The molecule has 0 radical (unpaired) electrons. The van der Waals surface area contributed by atoms with Crippen molar-refractivity contribution in [3.05, 3.63) is 30.1 Å². The molecule has 1 N–H and O–H groups in total. The van der Waals surface area contributed by atoms with Crippen LogP contribution in [-0.4, -0.2) is 27.5 Å². The molecule has 0 aliphatic carbocycles. The average molecular weight is 341 g/mol. The number of ether oxygens (including phenoxy) is 1. The van der Waals surface area contributed by atoms with E-state index in [4.69, 9.17) is 4.74 Å². The van der Waals surface area contributed by atoms with Crippen molar-refractivity contribution in [2.45, 2.75) is 36.5 Å². The van der Waals surface area contributed by atoms with Gasteiger partial charge in [0.2, 0.25) is 5.13 Å². The van der Waals surface area contributed by atoms with Gasteiger partial charge in [-0.3, -0.25) is 10.1 Å². The molecule has 1 aromatic heterocycles. The van der Waals surface area contributed by atoms with E-state index in [1.165, 1.54) is 35.6 Å². The monoisotopic (exact) mass is 341 g/mol. The van der Waals surface area contributed by atoms with Gasteiger partial charge < -0.3 is 4.74 Å². The fraction of sp³-hybridized carbons (Fsp3) is 0.357. The van der Waals surface area contributed by atoms with E-state index in [9.17, 15) is 9.18 Å². The Morgan fingerprint density at radius 2 is 1.95 bits per heavy atom. The van der Waals surface area contributed by atoms with Crippen molar-refractivity contribution in [2.24, 2.45) is 0 Å². The summed E-state index contributed by atoms with van der Waals surface area (Å²) in [5, 5.41) is 11.4. The van der Waals surface area contributed by atoms with E-state index in [2.05, 4.69) is 29.4 Å². The second-order valence-corrected chi connectivity index (χ2v) is 7.54. The molecule has 1 heterocycles. The maximum Gasteiger partial charge on any atom is 0.266 e. The largest absolute Gasteiger partial charge is 0.481 e. The minimum Gasteiger partial charge on any atom is -0.481 e. The van der Waals surface area contributed by atoms with Crippen LogP contribution in [0.2, 0.25) is 0 Å². The molecule has 0 spiro atoms. The predicted octanol–water partition coefficient (Wildman–Crippen LogP) is 3.58. The van der Waals surface area contributed by atoms with Crippen molar-refractivity contribution in [1.29, 1.82) is 0 Å². The summed E-state index contributed by atoms with van der Waals surface area (Å²) in [7, 11) is 0. The van der Waals surface area contributed by atoms with Crippen LogP contribution in [0.5, 0.6) is 5.75 Å². The van der Waals surface area contributed by atoms with Crippen molar-refractivity contribution >= 4 is 34.1 Å². The first-order valence-electron chi connectivity index (χ1n) is 6.67. The maximum atomic E-state index is 12.8. The first-order chi connectivity index (χ1) is 10.4. The van der Waals surface area contributed by atoms with E-state index < -0.39 is 6.10 Å². The number of thioether (sulfide) groups is 1. The number of nitrogens with zero attached hydrogens (tertiary/aromatic N) is 2. The molecule has 0 saturated carbocycles. The number of aromatic nitrogens is 2. The van der Waals surface area contributed by atoms with Crippen molar-refractivity contribution < 1.29 is 13.9 Å². The van der Waals surface area contributed by atoms with Crippen molar-refractivity contribution in [1.82, 2.24) is 10.2 Å². The molecule has 2 aromatic rings. The van der Waals surface area contributed by atoms with Gasteiger partial charge in [-0.2, -0.15) is 0 Å². The zero-order valence-electron chi connectivity index (χ0n) is 12.4. The van der Waals surface area contributed by atoms with E-state index >= 15 is 0 Å². The highest BCUT2D eigenvalue weighted by atomic mass is 32.2. The first kappa shape index (κ1) is 16.7. The Bertz CT molecular complexity index is 631. The molecule has 1 atom stereocenters. The van der Waals surface area contributed by atoms with E-state index in [1.807, 2.05) is 0 Å². The van der Waals surface area contributed by atoms with Crippen LogP contribution in [0.15, 0.2) is 28.6 Å². The van der Waals surface area contributed by atoms with Gasteiger partial charge in [0.15, 0.2) is 10.4 Å². The summed E-state index contributed by atoms with van der Waals surface area (Å²) in [5.41, 5.74) is 0. The van der Waals surface area contributed by atoms with Gasteiger partial charge in [-0.25, -0.2) is 4.39 Å². The van der Waals surface area contributed by atoms with Gasteiger partial charge in [0.1, 0.15) is 11.6 Å². The van der Waals surface area contributed by atoms with Crippen LogP contribution >= 0.6 is 23.1 Å². The minimum atomic E-state index is -0.726. The van der Waals surface area contributed by atoms with Gasteiger partial charge in [0, 0.05) is 5.25 Å². The van der Waals surface area contributed by atoms with Crippen LogP contribution in [-0.2, 0) is 4.79 Å². The van der Waals surface area contributed by atoms with E-state index in [1.54, 1.807) is 18.7 Å². The van der Waals surface area contributed by atoms with Crippen molar-refractivity contribution in [2.75, 3.05) is 5.32 Å². The number of nitrogens with one attached hydrogen (secondary N) is 1. The number of anilines is 1. The minimum absolute atomic E-state index is 0.332. The third-order valence-corrected chi connectivity index (χ3v) is 4.40. The highest BCUT2D eigenvalue weighted by molar-refractivity contribution is 8.01. The summed E-state index contributed by atoms with van der Waals surface area (Å²) >= 11 is 2.90. The second-order valence-electron chi connectivity index (χ2n) is 4.74. The normalized spacial score (nSPS) is 12.2. The molecule has 118 valence electrons. The number of carbonyl (C=O) groups excluding carboxylic acids is 1. The summed E-state index contributed by atoms with van der Waals surface area (Å²) in [5.74, 6) is -0.257. The SMILES string of the molecule is CC(C)Sc1nnc(NC(=O)C(C)Oc2ccc(F)cc2)s1. The topological polar surface area (TPSA) is 64.1 Å². The molecule has 1 unspecified atom stereocenters. The fourth-order valence-corrected chi connectivity index (χ4v) is 3.47. The van der Waals surface area contributed by atoms with Gasteiger partial charge in [0.05, 0.1) is 0 Å². The molecular weight excluding hydrogens is 325 g/mol. The standard InChI is InChI=1S/C14H16FN3O2S2/c1-8(2)21-14-18-17-13(22-14)16-12(19)9(3)20-11-6-4-10(15)5-7-11/h4-9H,1-3H3,(H,16,17,19). The number of halogens is 1. The van der Waals surface area contributed by atoms with Gasteiger partial charge >= 0.3 is 0 Å². The fourth-order valence-electron chi connectivity index (χ4n) is 1.49. The Kier molecular flexibility index (Phi) is 5.73. The Morgan fingerprint density at radius 3 is 2.59 bits per heavy atom. The van der Waals surface area contributed by atoms with Crippen LogP contribution in [0.3, 0.4) is 0 Å². The summed E-state index contributed by atoms with van der Waals surface area (Å²) in [6.07, 6.45) is -0.726. The molecule has 1 aromatic carbocycles. The van der Waals surface area contributed by atoms with Crippen LogP contribution in [0.4, 0.5) is 9.52 Å². The zero-order valence-corrected chi connectivity index (χ0v) is 14.0. The number of rotatable bonds is 6. The molecule has 8 heteroatoms. The molecule has 0 bridgehead atoms. The molecule has 0 fully saturated rings. The lowest BCUT2D eigenvalue weighted by Gasteiger charge is -2.13. The second kappa shape index (κ2) is 7.55. The third-order valence-electron chi connectivity index (χ3n) is 2.47. The van der Waals surface area contributed by atoms with Crippen molar-refractivity contribution in [3.63, 3.8) is 0 Å². The predicted molar refractivity (Wildman–Crippen MR) is 86.0 cm³/mol. The van der Waals surface area contributed by atoms with Crippen LogP contribution in [0, 0.1) is 5.82 Å². The smallest absolute Gasteiger partial charge is 0.266 e. The highest BCUT2D eigenvalue weighted by Gasteiger charge is 2.17. The molecular formula is C14H16FN3O2S2. The van der Waals surface area contributed by atoms with Gasteiger partial charge in [-0.15, -0.1) is 10.2 Å². The first-order valence-corrected chi connectivity index (χ1v) is 8.37. The maximum absolute atomic E-state index is 12.8. The quantitative estimate of drug-likeness (QED) is 0.643. The van der Waals surface area contributed by atoms with E-state index in [0.717, 1.165) is 4.34 Å². The summed E-state index contributed by atoms with van der Waals surface area (Å²) in [6.45, 7) is 5.73. The molecule has 0 saturated heterocycles. The van der Waals surface area contributed by atoms with Crippen molar-refractivity contribution in [3.8, 4) is 5.75 Å². The molecule has 22 heavy (non-hydrogen) atoms. The molecule has 2 rings (SSSR count). The summed E-state index contributed by atoms with van der Waals surface area (Å²) in [4.78, 5) is 12.0. The summed E-state index contributed by atoms with van der Waals surface area (Å²) in [6, 6.07) is 5.50.